The molecular formula is C13H15ClN2OS. The van der Waals surface area contributed by atoms with Crippen LogP contribution in [0.15, 0.2) is 23.6 Å². The summed E-state index contributed by atoms with van der Waals surface area (Å²) in [5.74, 6) is 0.667. The van der Waals surface area contributed by atoms with Crippen molar-refractivity contribution in [1.82, 2.24) is 4.98 Å². The number of rotatable bonds is 5. The molecule has 0 aliphatic rings. The Kier molecular flexibility index (Phi) is 4.58. The van der Waals surface area contributed by atoms with Gasteiger partial charge in [-0.05, 0) is 24.1 Å². The van der Waals surface area contributed by atoms with E-state index in [1.54, 1.807) is 11.3 Å². The number of hydrogen-bond acceptors (Lipinski definition) is 4. The molecule has 2 N–H and O–H groups in total. The summed E-state index contributed by atoms with van der Waals surface area (Å²) in [7, 11) is 0. The Morgan fingerprint density at radius 1 is 1.44 bits per heavy atom. The van der Waals surface area contributed by atoms with Gasteiger partial charge in [-0.3, -0.25) is 0 Å². The van der Waals surface area contributed by atoms with Gasteiger partial charge in [-0.2, -0.15) is 0 Å². The molecule has 0 aliphatic carbocycles. The standard InChI is InChI=1S/C13H15ClN2OS/c1-2-13-16-10(8-18-13)7-17-12-4-3-9(6-15)5-11(12)14/h3-5,8H,2,6-7,15H2,1H3. The van der Waals surface area contributed by atoms with Crippen molar-refractivity contribution in [3.8, 4) is 5.75 Å². The van der Waals surface area contributed by atoms with Crippen LogP contribution in [0.3, 0.4) is 0 Å². The minimum Gasteiger partial charge on any atom is -0.486 e. The topological polar surface area (TPSA) is 48.1 Å². The van der Waals surface area contributed by atoms with E-state index in [0.717, 1.165) is 22.7 Å². The molecule has 2 rings (SSSR count). The van der Waals surface area contributed by atoms with Gasteiger partial charge in [0.1, 0.15) is 12.4 Å². The first-order valence-corrected chi connectivity index (χ1v) is 7.03. The summed E-state index contributed by atoms with van der Waals surface area (Å²) in [5, 5.41) is 3.73. The predicted octanol–water partition coefficient (Wildman–Crippen LogP) is 3.40. The van der Waals surface area contributed by atoms with Crippen LogP contribution in [0.4, 0.5) is 0 Å². The second kappa shape index (κ2) is 6.18. The SMILES string of the molecule is CCc1nc(COc2ccc(CN)cc2Cl)cs1. The highest BCUT2D eigenvalue weighted by Gasteiger charge is 2.05. The van der Waals surface area contributed by atoms with Gasteiger partial charge in [0.2, 0.25) is 0 Å². The van der Waals surface area contributed by atoms with Crippen LogP contribution in [0.2, 0.25) is 5.02 Å². The maximum absolute atomic E-state index is 6.11. The van der Waals surface area contributed by atoms with Crippen LogP contribution in [0.1, 0.15) is 23.2 Å². The molecule has 2 aromatic rings. The van der Waals surface area contributed by atoms with E-state index in [-0.39, 0.29) is 0 Å². The van der Waals surface area contributed by atoms with Crippen molar-refractivity contribution in [2.75, 3.05) is 0 Å². The predicted molar refractivity (Wildman–Crippen MR) is 75.2 cm³/mol. The van der Waals surface area contributed by atoms with Crippen LogP contribution < -0.4 is 10.5 Å². The fraction of sp³-hybridized carbons (Fsp3) is 0.308. The first-order valence-electron chi connectivity index (χ1n) is 5.77. The molecule has 0 fully saturated rings. The molecule has 0 saturated carbocycles. The van der Waals surface area contributed by atoms with E-state index in [4.69, 9.17) is 22.1 Å². The van der Waals surface area contributed by atoms with Crippen LogP contribution in [0.25, 0.3) is 0 Å². The summed E-state index contributed by atoms with van der Waals surface area (Å²) in [4.78, 5) is 4.44. The number of thiazole rings is 1. The normalized spacial score (nSPS) is 10.6. The van der Waals surface area contributed by atoms with E-state index in [2.05, 4.69) is 11.9 Å². The highest BCUT2D eigenvalue weighted by atomic mass is 35.5. The number of hydrogen-bond donors (Lipinski definition) is 1. The summed E-state index contributed by atoms with van der Waals surface area (Å²) < 4.78 is 5.65. The number of halogens is 1. The zero-order chi connectivity index (χ0) is 13.0. The molecule has 1 heterocycles. The number of nitrogens with two attached hydrogens (primary N) is 1. The number of ether oxygens (including phenoxy) is 1. The second-order valence-corrected chi connectivity index (χ2v) is 5.19. The third kappa shape index (κ3) is 3.22. The Hall–Kier alpha value is -1.10. The first kappa shape index (κ1) is 13.3. The molecule has 18 heavy (non-hydrogen) atoms. The molecule has 0 unspecified atom stereocenters. The molecule has 3 nitrogen and oxygen atoms in total. The molecule has 0 amide bonds. The lowest BCUT2D eigenvalue weighted by Crippen LogP contribution is -1.99. The van der Waals surface area contributed by atoms with E-state index >= 15 is 0 Å². The van der Waals surface area contributed by atoms with Gasteiger partial charge < -0.3 is 10.5 Å². The Labute approximate surface area is 116 Å². The monoisotopic (exact) mass is 282 g/mol. The van der Waals surface area contributed by atoms with Crippen molar-refractivity contribution in [1.29, 1.82) is 0 Å². The minimum atomic E-state index is 0.443. The van der Waals surface area contributed by atoms with E-state index in [1.165, 1.54) is 0 Å². The molecule has 0 bridgehead atoms. The summed E-state index contributed by atoms with van der Waals surface area (Å²) in [6, 6.07) is 5.59. The van der Waals surface area contributed by atoms with Crippen molar-refractivity contribution >= 4 is 22.9 Å². The van der Waals surface area contributed by atoms with Gasteiger partial charge in [-0.1, -0.05) is 24.6 Å². The lowest BCUT2D eigenvalue weighted by molar-refractivity contribution is 0.302. The van der Waals surface area contributed by atoms with Crippen molar-refractivity contribution in [3.05, 3.63) is 44.9 Å². The lowest BCUT2D eigenvalue weighted by Gasteiger charge is -2.07. The van der Waals surface area contributed by atoms with E-state index in [0.29, 0.717) is 23.9 Å². The molecular weight excluding hydrogens is 268 g/mol. The average molecular weight is 283 g/mol. The number of nitrogens with zero attached hydrogens (tertiary/aromatic N) is 1. The molecule has 0 radical (unpaired) electrons. The van der Waals surface area contributed by atoms with Crippen LogP contribution >= 0.6 is 22.9 Å². The average Bonchev–Trinajstić information content (AvgIpc) is 2.85. The van der Waals surface area contributed by atoms with E-state index in [9.17, 15) is 0 Å². The Morgan fingerprint density at radius 2 is 2.28 bits per heavy atom. The van der Waals surface area contributed by atoms with Crippen molar-refractivity contribution < 1.29 is 4.74 Å². The van der Waals surface area contributed by atoms with Crippen molar-refractivity contribution in [2.24, 2.45) is 5.73 Å². The quantitative estimate of drug-likeness (QED) is 0.914. The lowest BCUT2D eigenvalue weighted by atomic mass is 10.2. The molecule has 1 aromatic carbocycles. The Bertz CT molecular complexity index is 527. The minimum absolute atomic E-state index is 0.443. The molecule has 0 aliphatic heterocycles. The van der Waals surface area contributed by atoms with Gasteiger partial charge in [0, 0.05) is 11.9 Å². The summed E-state index contributed by atoms with van der Waals surface area (Å²) in [6.45, 7) is 3.01. The summed E-state index contributed by atoms with van der Waals surface area (Å²) >= 11 is 7.76. The van der Waals surface area contributed by atoms with Gasteiger partial charge in [0.05, 0.1) is 15.7 Å². The van der Waals surface area contributed by atoms with Crippen LogP contribution in [-0.4, -0.2) is 4.98 Å². The van der Waals surface area contributed by atoms with Crippen LogP contribution in [-0.2, 0) is 19.6 Å². The smallest absolute Gasteiger partial charge is 0.138 e. The van der Waals surface area contributed by atoms with Gasteiger partial charge in [0.25, 0.3) is 0 Å². The first-order chi connectivity index (χ1) is 8.72. The van der Waals surface area contributed by atoms with Crippen LogP contribution in [0.5, 0.6) is 5.75 Å². The summed E-state index contributed by atoms with van der Waals surface area (Å²) in [6.07, 6.45) is 0.955. The molecule has 0 saturated heterocycles. The van der Waals surface area contributed by atoms with Crippen molar-refractivity contribution in [3.63, 3.8) is 0 Å². The molecule has 0 spiro atoms. The van der Waals surface area contributed by atoms with E-state index < -0.39 is 0 Å². The van der Waals surface area contributed by atoms with E-state index in [1.807, 2.05) is 23.6 Å². The fourth-order valence-corrected chi connectivity index (χ4v) is 2.50. The largest absolute Gasteiger partial charge is 0.486 e. The Balaban J connectivity index is 2.01. The number of aryl methyl sites for hydroxylation is 1. The second-order valence-electron chi connectivity index (χ2n) is 3.84. The highest BCUT2D eigenvalue weighted by molar-refractivity contribution is 7.09. The van der Waals surface area contributed by atoms with Gasteiger partial charge in [-0.15, -0.1) is 11.3 Å². The fourth-order valence-electron chi connectivity index (χ4n) is 1.52. The maximum Gasteiger partial charge on any atom is 0.138 e. The van der Waals surface area contributed by atoms with Gasteiger partial charge in [0.15, 0.2) is 0 Å². The highest BCUT2D eigenvalue weighted by Crippen LogP contribution is 2.26. The number of aromatic nitrogens is 1. The zero-order valence-electron chi connectivity index (χ0n) is 10.1. The zero-order valence-corrected chi connectivity index (χ0v) is 11.7. The number of benzene rings is 1. The van der Waals surface area contributed by atoms with Gasteiger partial charge in [-0.25, -0.2) is 4.98 Å². The molecule has 96 valence electrons. The molecule has 1 aromatic heterocycles. The molecule has 0 atom stereocenters. The third-order valence-corrected chi connectivity index (χ3v) is 3.85. The van der Waals surface area contributed by atoms with Gasteiger partial charge >= 0.3 is 0 Å². The third-order valence-electron chi connectivity index (χ3n) is 2.51. The summed E-state index contributed by atoms with van der Waals surface area (Å²) in [5.41, 5.74) is 7.48. The maximum atomic E-state index is 6.11. The Morgan fingerprint density at radius 3 is 2.89 bits per heavy atom. The molecule has 5 heteroatoms. The van der Waals surface area contributed by atoms with Crippen LogP contribution in [0, 0.1) is 0 Å². The van der Waals surface area contributed by atoms with Crippen molar-refractivity contribution in [2.45, 2.75) is 26.5 Å².